The first-order valence-electron chi connectivity index (χ1n) is 15.0. The van der Waals surface area contributed by atoms with E-state index >= 15 is 0 Å². The average molecular weight is 497 g/mol. The summed E-state index contributed by atoms with van der Waals surface area (Å²) >= 11 is 0. The van der Waals surface area contributed by atoms with Crippen LogP contribution in [0.5, 0.6) is 0 Å². The maximum Gasteiger partial charge on any atom is 0.306 e. The summed E-state index contributed by atoms with van der Waals surface area (Å²) in [6.07, 6.45) is 20.3. The Morgan fingerprint density at radius 1 is 0.514 bits per heavy atom. The van der Waals surface area contributed by atoms with Gasteiger partial charge >= 0.3 is 11.9 Å². The first-order chi connectivity index (χ1) is 16.7. The molecule has 0 amide bonds. The predicted octanol–water partition coefficient (Wildman–Crippen LogP) is 9.29. The number of hydrogen-bond donors (Lipinski definition) is 0. The van der Waals surface area contributed by atoms with Crippen molar-refractivity contribution in [3.63, 3.8) is 0 Å². The molecule has 35 heavy (non-hydrogen) atoms. The number of ether oxygens (including phenoxy) is 2. The van der Waals surface area contributed by atoms with Gasteiger partial charge in [0.15, 0.2) is 0 Å². The van der Waals surface area contributed by atoms with E-state index in [2.05, 4.69) is 41.5 Å². The Morgan fingerprint density at radius 2 is 0.886 bits per heavy atom. The van der Waals surface area contributed by atoms with E-state index in [0.29, 0.717) is 49.7 Å². The van der Waals surface area contributed by atoms with Crippen LogP contribution in [0.15, 0.2) is 0 Å². The van der Waals surface area contributed by atoms with Crippen LogP contribution in [0.25, 0.3) is 0 Å². The van der Waals surface area contributed by atoms with Crippen LogP contribution in [-0.2, 0) is 19.1 Å². The van der Waals surface area contributed by atoms with Gasteiger partial charge in [0.05, 0.1) is 13.2 Å². The van der Waals surface area contributed by atoms with E-state index in [1.165, 1.54) is 77.0 Å². The highest BCUT2D eigenvalue weighted by Crippen LogP contribution is 2.23. The van der Waals surface area contributed by atoms with Crippen molar-refractivity contribution in [2.75, 3.05) is 13.2 Å². The van der Waals surface area contributed by atoms with Crippen molar-refractivity contribution < 1.29 is 19.1 Å². The Balaban J connectivity index is 3.45. The predicted molar refractivity (Wildman–Crippen MR) is 148 cm³/mol. The molecule has 0 saturated carbocycles. The summed E-state index contributed by atoms with van der Waals surface area (Å²) in [5, 5.41) is 0. The normalized spacial score (nSPS) is 12.5. The molecule has 0 radical (unpaired) electrons. The van der Waals surface area contributed by atoms with E-state index < -0.39 is 0 Å². The Hall–Kier alpha value is -1.06. The molecule has 0 aliphatic carbocycles. The van der Waals surface area contributed by atoms with Crippen LogP contribution in [0.4, 0.5) is 0 Å². The number of carbonyl (C=O) groups is 2. The monoisotopic (exact) mass is 496 g/mol. The molecule has 0 heterocycles. The van der Waals surface area contributed by atoms with Crippen LogP contribution in [0, 0.1) is 23.7 Å². The van der Waals surface area contributed by atoms with Gasteiger partial charge in [0.25, 0.3) is 0 Å². The average Bonchev–Trinajstić information content (AvgIpc) is 2.80. The van der Waals surface area contributed by atoms with Gasteiger partial charge in [-0.2, -0.15) is 0 Å². The minimum atomic E-state index is -0.0300. The third-order valence-electron chi connectivity index (χ3n) is 6.73. The van der Waals surface area contributed by atoms with E-state index in [9.17, 15) is 9.59 Å². The second-order valence-corrected chi connectivity index (χ2v) is 11.9. The molecular formula is C31H60O4. The number of unbranched alkanes of at least 4 members (excludes halogenated alkanes) is 13. The molecule has 0 N–H and O–H groups in total. The molecule has 0 aliphatic heterocycles. The number of carbonyl (C=O) groups excluding carboxylic acids is 2. The van der Waals surface area contributed by atoms with Crippen molar-refractivity contribution in [2.45, 2.75) is 151 Å². The molecule has 0 rings (SSSR count). The zero-order valence-electron chi connectivity index (χ0n) is 24.4. The summed E-state index contributed by atoms with van der Waals surface area (Å²) in [5.41, 5.74) is 0. The van der Waals surface area contributed by atoms with Crippen molar-refractivity contribution in [2.24, 2.45) is 23.7 Å². The van der Waals surface area contributed by atoms with Crippen molar-refractivity contribution in [1.82, 2.24) is 0 Å². The van der Waals surface area contributed by atoms with E-state index in [4.69, 9.17) is 9.47 Å². The highest BCUT2D eigenvalue weighted by molar-refractivity contribution is 5.69. The molecule has 1 atom stereocenters. The zero-order chi connectivity index (χ0) is 26.3. The molecule has 0 aromatic heterocycles. The highest BCUT2D eigenvalue weighted by Gasteiger charge is 2.18. The molecule has 0 aliphatic rings. The Labute approximate surface area is 218 Å². The van der Waals surface area contributed by atoms with Gasteiger partial charge in [-0.25, -0.2) is 0 Å². The lowest BCUT2D eigenvalue weighted by Crippen LogP contribution is -2.18. The first kappa shape index (κ1) is 33.9. The van der Waals surface area contributed by atoms with Gasteiger partial charge in [-0.3, -0.25) is 9.59 Å². The third-order valence-corrected chi connectivity index (χ3v) is 6.73. The molecule has 4 heteroatoms. The molecular weight excluding hydrogens is 436 g/mol. The summed E-state index contributed by atoms with van der Waals surface area (Å²) in [4.78, 5) is 23.6. The van der Waals surface area contributed by atoms with Gasteiger partial charge in [0.1, 0.15) is 0 Å². The first-order valence-corrected chi connectivity index (χ1v) is 15.0. The van der Waals surface area contributed by atoms with Gasteiger partial charge in [-0.1, -0.05) is 125 Å². The summed E-state index contributed by atoms with van der Waals surface area (Å²) in [7, 11) is 0. The third kappa shape index (κ3) is 24.4. The number of esters is 2. The van der Waals surface area contributed by atoms with Gasteiger partial charge in [0, 0.05) is 12.8 Å². The van der Waals surface area contributed by atoms with Gasteiger partial charge in [-0.15, -0.1) is 0 Å². The van der Waals surface area contributed by atoms with Gasteiger partial charge < -0.3 is 9.47 Å². The van der Waals surface area contributed by atoms with Crippen LogP contribution >= 0.6 is 0 Å². The van der Waals surface area contributed by atoms with Crippen LogP contribution in [0.2, 0.25) is 0 Å². The molecule has 208 valence electrons. The quantitative estimate of drug-likeness (QED) is 0.0986. The van der Waals surface area contributed by atoms with Gasteiger partial charge in [-0.05, 0) is 36.5 Å². The fraction of sp³-hybridized carbons (Fsp3) is 0.935. The Bertz CT molecular complexity index is 498. The van der Waals surface area contributed by atoms with E-state index in [1.54, 1.807) is 0 Å². The second-order valence-electron chi connectivity index (χ2n) is 11.9. The zero-order valence-corrected chi connectivity index (χ0v) is 24.4. The van der Waals surface area contributed by atoms with Crippen LogP contribution < -0.4 is 0 Å². The topological polar surface area (TPSA) is 52.6 Å². The summed E-state index contributed by atoms with van der Waals surface area (Å²) in [6, 6.07) is 0. The SMILES string of the molecule is CC(C)COC(=O)CCCCCCCCCCCCCCCCC(CC(=O)OCC(C)C)C(C)C. The summed E-state index contributed by atoms with van der Waals surface area (Å²) in [5.74, 6) is 1.78. The highest BCUT2D eigenvalue weighted by atomic mass is 16.5. The number of rotatable bonds is 24. The maximum atomic E-state index is 12.0. The van der Waals surface area contributed by atoms with E-state index in [-0.39, 0.29) is 11.9 Å². The lowest BCUT2D eigenvalue weighted by Gasteiger charge is -2.20. The van der Waals surface area contributed by atoms with Crippen molar-refractivity contribution in [1.29, 1.82) is 0 Å². The summed E-state index contributed by atoms with van der Waals surface area (Å²) in [6.45, 7) is 13.8. The maximum absolute atomic E-state index is 12.0. The molecule has 0 aromatic rings. The minimum Gasteiger partial charge on any atom is -0.465 e. The van der Waals surface area contributed by atoms with Crippen LogP contribution in [0.3, 0.4) is 0 Å². The van der Waals surface area contributed by atoms with Crippen molar-refractivity contribution in [3.8, 4) is 0 Å². The standard InChI is InChI=1S/C31H60O4/c1-26(2)24-34-30(32)22-20-18-16-14-12-10-8-7-9-11-13-15-17-19-21-29(28(5)6)23-31(33)35-25-27(3)4/h26-29H,7-25H2,1-6H3. The van der Waals surface area contributed by atoms with Gasteiger partial charge in [0.2, 0.25) is 0 Å². The molecule has 0 spiro atoms. The molecule has 0 fully saturated rings. The Morgan fingerprint density at radius 3 is 1.29 bits per heavy atom. The second kappa shape index (κ2) is 23.3. The minimum absolute atomic E-state index is 0.0171. The van der Waals surface area contributed by atoms with Crippen molar-refractivity contribution >= 4 is 11.9 Å². The fourth-order valence-corrected chi connectivity index (χ4v) is 4.33. The lowest BCUT2D eigenvalue weighted by molar-refractivity contribution is -0.146. The molecule has 0 aromatic carbocycles. The Kier molecular flexibility index (Phi) is 22.6. The molecule has 0 saturated heterocycles. The van der Waals surface area contributed by atoms with E-state index in [1.807, 2.05) is 0 Å². The van der Waals surface area contributed by atoms with Crippen molar-refractivity contribution in [3.05, 3.63) is 0 Å². The van der Waals surface area contributed by atoms with E-state index in [0.717, 1.165) is 19.3 Å². The lowest BCUT2D eigenvalue weighted by atomic mass is 9.87. The van der Waals surface area contributed by atoms with Crippen LogP contribution in [0.1, 0.15) is 151 Å². The molecule has 0 bridgehead atoms. The fourth-order valence-electron chi connectivity index (χ4n) is 4.33. The molecule has 1 unspecified atom stereocenters. The smallest absolute Gasteiger partial charge is 0.306 e. The van der Waals surface area contributed by atoms with Crippen LogP contribution in [-0.4, -0.2) is 25.2 Å². The summed E-state index contributed by atoms with van der Waals surface area (Å²) < 4.78 is 10.6. The largest absolute Gasteiger partial charge is 0.465 e. The number of hydrogen-bond acceptors (Lipinski definition) is 4. The molecule has 4 nitrogen and oxygen atoms in total.